The van der Waals surface area contributed by atoms with Gasteiger partial charge in [-0.05, 0) is 43.7 Å². The van der Waals surface area contributed by atoms with Crippen molar-refractivity contribution in [3.8, 4) is 5.69 Å². The minimum Gasteiger partial charge on any atom is -0.322 e. The van der Waals surface area contributed by atoms with Crippen LogP contribution in [0.2, 0.25) is 0 Å². The van der Waals surface area contributed by atoms with Gasteiger partial charge < -0.3 is 9.88 Å². The summed E-state index contributed by atoms with van der Waals surface area (Å²) < 4.78 is 2.90. The monoisotopic (exact) mass is 410 g/mol. The van der Waals surface area contributed by atoms with E-state index in [0.717, 1.165) is 15.9 Å². The molecule has 132 valence electrons. The zero-order chi connectivity index (χ0) is 18.7. The zero-order valence-electron chi connectivity index (χ0n) is 14.6. The summed E-state index contributed by atoms with van der Waals surface area (Å²) in [5.41, 5.74) is 2.97. The summed E-state index contributed by atoms with van der Waals surface area (Å²) in [4.78, 5) is 25.5. The Balaban J connectivity index is 2.15. The molecule has 1 aromatic heterocycles. The van der Waals surface area contributed by atoms with Gasteiger partial charge in [0.15, 0.2) is 5.43 Å². The second-order valence-corrected chi connectivity index (χ2v) is 6.88. The van der Waals surface area contributed by atoms with E-state index >= 15 is 0 Å². The molecule has 5 heteroatoms. The van der Waals surface area contributed by atoms with E-state index in [1.807, 2.05) is 60.9 Å². The Morgan fingerprint density at radius 3 is 2.46 bits per heavy atom. The van der Waals surface area contributed by atoms with Gasteiger partial charge in [-0.3, -0.25) is 9.59 Å². The number of aromatic nitrogens is 1. The molecule has 0 aliphatic rings. The Morgan fingerprint density at radius 2 is 1.81 bits per heavy atom. The van der Waals surface area contributed by atoms with Crippen LogP contribution in [0.4, 0.5) is 5.69 Å². The van der Waals surface area contributed by atoms with Crippen LogP contribution in [0.15, 0.2) is 69.9 Å². The normalized spacial score (nSPS) is 10.6. The van der Waals surface area contributed by atoms with Crippen molar-refractivity contribution in [1.82, 2.24) is 4.57 Å². The summed E-state index contributed by atoms with van der Waals surface area (Å²) in [5, 5.41) is 2.82. The van der Waals surface area contributed by atoms with Crippen LogP contribution < -0.4 is 10.7 Å². The van der Waals surface area contributed by atoms with Crippen LogP contribution in [0.3, 0.4) is 0 Å². The van der Waals surface area contributed by atoms with Gasteiger partial charge in [0.25, 0.3) is 5.91 Å². The van der Waals surface area contributed by atoms with E-state index in [4.69, 9.17) is 0 Å². The number of para-hydroxylation sites is 1. The van der Waals surface area contributed by atoms with Crippen LogP contribution in [-0.4, -0.2) is 10.5 Å². The van der Waals surface area contributed by atoms with Gasteiger partial charge in [-0.2, -0.15) is 0 Å². The van der Waals surface area contributed by atoms with Gasteiger partial charge in [-0.25, -0.2) is 0 Å². The average molecular weight is 411 g/mol. The molecule has 0 saturated carbocycles. The molecule has 0 aliphatic heterocycles. The zero-order valence-corrected chi connectivity index (χ0v) is 16.2. The summed E-state index contributed by atoms with van der Waals surface area (Å²) in [6.45, 7) is 3.82. The highest BCUT2D eigenvalue weighted by molar-refractivity contribution is 9.10. The van der Waals surface area contributed by atoms with E-state index in [9.17, 15) is 9.59 Å². The van der Waals surface area contributed by atoms with Crippen molar-refractivity contribution in [2.45, 2.75) is 20.3 Å². The third kappa shape index (κ3) is 3.63. The third-order valence-electron chi connectivity index (χ3n) is 4.16. The molecule has 0 bridgehead atoms. The van der Waals surface area contributed by atoms with Crippen LogP contribution in [0.5, 0.6) is 0 Å². The average Bonchev–Trinajstić information content (AvgIpc) is 2.61. The second kappa shape index (κ2) is 7.70. The van der Waals surface area contributed by atoms with Gasteiger partial charge in [0.05, 0.1) is 0 Å². The Kier molecular flexibility index (Phi) is 5.38. The predicted octanol–water partition coefficient (Wildman–Crippen LogP) is 4.72. The summed E-state index contributed by atoms with van der Waals surface area (Å²) in [5.74, 6) is -0.387. The van der Waals surface area contributed by atoms with Crippen LogP contribution in [0, 0.1) is 6.92 Å². The minimum atomic E-state index is -0.387. The van der Waals surface area contributed by atoms with Crippen molar-refractivity contribution in [1.29, 1.82) is 0 Å². The smallest absolute Gasteiger partial charge is 0.261 e. The Morgan fingerprint density at radius 1 is 1.08 bits per heavy atom. The lowest BCUT2D eigenvalue weighted by Gasteiger charge is -2.19. The number of pyridine rings is 1. The lowest BCUT2D eigenvalue weighted by molar-refractivity contribution is 0.102. The molecule has 1 N–H and O–H groups in total. The van der Waals surface area contributed by atoms with Crippen molar-refractivity contribution in [3.05, 3.63) is 92.3 Å². The Bertz CT molecular complexity index is 1010. The number of hydrogen-bond donors (Lipinski definition) is 1. The van der Waals surface area contributed by atoms with Gasteiger partial charge >= 0.3 is 0 Å². The van der Waals surface area contributed by atoms with Gasteiger partial charge in [0.2, 0.25) is 0 Å². The highest BCUT2D eigenvalue weighted by Gasteiger charge is 2.20. The fourth-order valence-electron chi connectivity index (χ4n) is 3.06. The molecule has 0 radical (unpaired) electrons. The fourth-order valence-corrected chi connectivity index (χ4v) is 3.45. The number of halogens is 1. The summed E-state index contributed by atoms with van der Waals surface area (Å²) in [7, 11) is 0. The lowest BCUT2D eigenvalue weighted by Crippen LogP contribution is -2.27. The highest BCUT2D eigenvalue weighted by Crippen LogP contribution is 2.21. The molecule has 3 aromatic rings. The van der Waals surface area contributed by atoms with E-state index in [-0.39, 0.29) is 16.9 Å². The maximum atomic E-state index is 12.8. The number of nitrogens with zero attached hydrogens (tertiary/aromatic N) is 1. The molecule has 26 heavy (non-hydrogen) atoms. The maximum absolute atomic E-state index is 12.8. The number of rotatable bonds is 4. The molecule has 2 aromatic carbocycles. The molecular formula is C21H19BrN2O2. The highest BCUT2D eigenvalue weighted by atomic mass is 79.9. The number of anilines is 1. The molecule has 0 fully saturated rings. The topological polar surface area (TPSA) is 51.1 Å². The Labute approximate surface area is 160 Å². The number of hydrogen-bond acceptors (Lipinski definition) is 2. The van der Waals surface area contributed by atoms with Gasteiger partial charge in [-0.1, -0.05) is 47.1 Å². The van der Waals surface area contributed by atoms with E-state index in [1.165, 1.54) is 6.07 Å². The first-order valence-corrected chi connectivity index (χ1v) is 9.18. The molecule has 3 rings (SSSR count). The SMILES string of the molecule is CCc1c(C(=O)Nc2ccccc2)c(=O)cc(C)n1-c1cccc(Br)c1. The van der Waals surface area contributed by atoms with Crippen molar-refractivity contribution < 1.29 is 4.79 Å². The summed E-state index contributed by atoms with van der Waals surface area (Å²) in [6, 6.07) is 18.5. The van der Waals surface area contributed by atoms with E-state index in [2.05, 4.69) is 21.2 Å². The molecule has 0 saturated heterocycles. The number of nitrogens with one attached hydrogen (secondary N) is 1. The number of carbonyl (C=O) groups is 1. The number of aryl methyl sites for hydroxylation is 1. The third-order valence-corrected chi connectivity index (χ3v) is 4.65. The molecule has 0 atom stereocenters. The van der Waals surface area contributed by atoms with Crippen LogP contribution in [0.25, 0.3) is 5.69 Å². The number of benzene rings is 2. The Hall–Kier alpha value is -2.66. The first-order valence-electron chi connectivity index (χ1n) is 8.39. The summed E-state index contributed by atoms with van der Waals surface area (Å²) in [6.07, 6.45) is 0.557. The van der Waals surface area contributed by atoms with Crippen molar-refractivity contribution >= 4 is 27.5 Å². The lowest BCUT2D eigenvalue weighted by atomic mass is 10.1. The largest absolute Gasteiger partial charge is 0.322 e. The predicted molar refractivity (Wildman–Crippen MR) is 108 cm³/mol. The van der Waals surface area contributed by atoms with Crippen LogP contribution >= 0.6 is 15.9 Å². The summed E-state index contributed by atoms with van der Waals surface area (Å²) >= 11 is 3.48. The molecule has 0 spiro atoms. The van der Waals surface area contributed by atoms with E-state index in [1.54, 1.807) is 12.1 Å². The van der Waals surface area contributed by atoms with Crippen molar-refractivity contribution in [3.63, 3.8) is 0 Å². The first kappa shape index (κ1) is 18.1. The quantitative estimate of drug-likeness (QED) is 0.675. The van der Waals surface area contributed by atoms with Crippen molar-refractivity contribution in [2.75, 3.05) is 5.32 Å². The fraction of sp³-hybridized carbons (Fsp3) is 0.143. The molecule has 1 amide bonds. The first-order chi connectivity index (χ1) is 12.5. The van der Waals surface area contributed by atoms with Crippen molar-refractivity contribution in [2.24, 2.45) is 0 Å². The molecular weight excluding hydrogens is 392 g/mol. The van der Waals surface area contributed by atoms with Gasteiger partial charge in [-0.15, -0.1) is 0 Å². The second-order valence-electron chi connectivity index (χ2n) is 5.96. The molecule has 0 aliphatic carbocycles. The van der Waals surface area contributed by atoms with Crippen LogP contribution in [0.1, 0.15) is 28.7 Å². The standard InChI is InChI=1S/C21H19BrN2O2/c1-3-18-20(21(26)23-16-9-5-4-6-10-16)19(25)12-14(2)24(18)17-11-7-8-15(22)13-17/h4-13H,3H2,1-2H3,(H,23,26). The minimum absolute atomic E-state index is 0.182. The van der Waals surface area contributed by atoms with E-state index < -0.39 is 0 Å². The van der Waals surface area contributed by atoms with E-state index in [0.29, 0.717) is 17.8 Å². The number of amides is 1. The molecule has 4 nitrogen and oxygen atoms in total. The maximum Gasteiger partial charge on any atom is 0.261 e. The number of carbonyl (C=O) groups excluding carboxylic acids is 1. The molecule has 1 heterocycles. The van der Waals surface area contributed by atoms with Gasteiger partial charge in [0.1, 0.15) is 5.56 Å². The van der Waals surface area contributed by atoms with Gasteiger partial charge in [0, 0.05) is 33.3 Å². The molecule has 0 unspecified atom stereocenters. The van der Waals surface area contributed by atoms with Crippen LogP contribution in [-0.2, 0) is 6.42 Å².